The van der Waals surface area contributed by atoms with Crippen LogP contribution in [0.3, 0.4) is 0 Å². The normalized spacial score (nSPS) is 47.1. The molecule has 3 unspecified atom stereocenters. The van der Waals surface area contributed by atoms with E-state index in [1.807, 2.05) is 0 Å². The van der Waals surface area contributed by atoms with Gasteiger partial charge in [-0.15, -0.1) is 6.58 Å². The van der Waals surface area contributed by atoms with Crippen LogP contribution in [-0.4, -0.2) is 0 Å². The lowest BCUT2D eigenvalue weighted by atomic mass is 9.64. The first kappa shape index (κ1) is 16.6. The van der Waals surface area contributed by atoms with Crippen molar-refractivity contribution in [3.05, 3.63) is 12.7 Å². The van der Waals surface area contributed by atoms with E-state index < -0.39 is 0 Å². The van der Waals surface area contributed by atoms with Gasteiger partial charge in [0.05, 0.1) is 0 Å². The molecule has 0 saturated heterocycles. The number of rotatable bonds is 3. The Balaban J connectivity index is 1.44. The van der Waals surface area contributed by atoms with Gasteiger partial charge in [-0.2, -0.15) is 0 Å². The third kappa shape index (κ3) is 3.80. The molecular formula is C22H38. The van der Waals surface area contributed by atoms with Crippen LogP contribution in [0.2, 0.25) is 0 Å². The Hall–Kier alpha value is -0.260. The third-order valence-corrected chi connectivity index (χ3v) is 7.94. The minimum Gasteiger partial charge on any atom is -0.103 e. The van der Waals surface area contributed by atoms with Crippen LogP contribution in [0.1, 0.15) is 84.5 Å². The third-order valence-electron chi connectivity index (χ3n) is 7.94. The highest BCUT2D eigenvalue weighted by molar-refractivity contribution is 4.89. The highest BCUT2D eigenvalue weighted by atomic mass is 14.4. The van der Waals surface area contributed by atoms with Crippen molar-refractivity contribution in [3.8, 4) is 0 Å². The van der Waals surface area contributed by atoms with Crippen molar-refractivity contribution >= 4 is 0 Å². The summed E-state index contributed by atoms with van der Waals surface area (Å²) in [6.45, 7) is 8.97. The van der Waals surface area contributed by atoms with Gasteiger partial charge in [0.2, 0.25) is 0 Å². The van der Waals surface area contributed by atoms with Crippen molar-refractivity contribution in [2.45, 2.75) is 84.5 Å². The average molecular weight is 303 g/mol. The molecule has 0 bridgehead atoms. The topological polar surface area (TPSA) is 0 Å². The quantitative estimate of drug-likeness (QED) is 0.500. The van der Waals surface area contributed by atoms with Gasteiger partial charge in [-0.1, -0.05) is 26.3 Å². The first-order chi connectivity index (χ1) is 10.7. The highest BCUT2D eigenvalue weighted by Crippen LogP contribution is 2.46. The molecule has 3 aliphatic carbocycles. The standard InChI is InChI=1S/C22H38/c1-4-18-6-9-19(10-7-18)20-11-13-21(14-12-20)22-8-5-16(2)17(3)15-22/h4,16-22H,1,5-15H2,2-3H3. The van der Waals surface area contributed by atoms with Gasteiger partial charge >= 0.3 is 0 Å². The molecule has 0 aromatic carbocycles. The molecule has 0 aromatic heterocycles. The van der Waals surface area contributed by atoms with E-state index in [0.717, 1.165) is 41.4 Å². The highest BCUT2D eigenvalue weighted by Gasteiger charge is 2.35. The molecule has 0 aliphatic heterocycles. The molecule has 3 atom stereocenters. The van der Waals surface area contributed by atoms with E-state index in [1.165, 1.54) is 44.9 Å². The summed E-state index contributed by atoms with van der Waals surface area (Å²) in [4.78, 5) is 0. The smallest absolute Gasteiger partial charge is 0.0236 e. The number of allylic oxidation sites excluding steroid dienone is 1. The fourth-order valence-corrected chi connectivity index (χ4v) is 5.96. The lowest BCUT2D eigenvalue weighted by Crippen LogP contribution is -2.31. The van der Waals surface area contributed by atoms with Crippen LogP contribution in [0.25, 0.3) is 0 Å². The molecule has 0 heteroatoms. The number of hydrogen-bond acceptors (Lipinski definition) is 0. The van der Waals surface area contributed by atoms with E-state index in [9.17, 15) is 0 Å². The Morgan fingerprint density at radius 3 is 1.55 bits per heavy atom. The summed E-state index contributed by atoms with van der Waals surface area (Å²) in [5.74, 6) is 7.07. The summed E-state index contributed by atoms with van der Waals surface area (Å²) in [5, 5.41) is 0. The molecule has 0 aromatic rings. The Morgan fingerprint density at radius 2 is 1.05 bits per heavy atom. The van der Waals surface area contributed by atoms with Crippen molar-refractivity contribution < 1.29 is 0 Å². The van der Waals surface area contributed by atoms with E-state index in [2.05, 4.69) is 26.5 Å². The largest absolute Gasteiger partial charge is 0.103 e. The van der Waals surface area contributed by atoms with Crippen molar-refractivity contribution in [2.24, 2.45) is 41.4 Å². The van der Waals surface area contributed by atoms with Gasteiger partial charge in [-0.3, -0.25) is 0 Å². The maximum atomic E-state index is 3.99. The molecule has 22 heavy (non-hydrogen) atoms. The minimum absolute atomic E-state index is 0.832. The summed E-state index contributed by atoms with van der Waals surface area (Å²) < 4.78 is 0. The van der Waals surface area contributed by atoms with E-state index in [4.69, 9.17) is 0 Å². The molecule has 0 nitrogen and oxygen atoms in total. The first-order valence-electron chi connectivity index (χ1n) is 10.3. The van der Waals surface area contributed by atoms with Gasteiger partial charge < -0.3 is 0 Å². The molecule has 0 radical (unpaired) electrons. The lowest BCUT2D eigenvalue weighted by Gasteiger charge is -2.42. The van der Waals surface area contributed by atoms with E-state index in [-0.39, 0.29) is 0 Å². The first-order valence-corrected chi connectivity index (χ1v) is 10.3. The van der Waals surface area contributed by atoms with Gasteiger partial charge in [0.15, 0.2) is 0 Å². The predicted octanol–water partition coefficient (Wildman–Crippen LogP) is 6.86. The zero-order valence-corrected chi connectivity index (χ0v) is 15.1. The Kier molecular flexibility index (Phi) is 5.69. The second-order valence-corrected chi connectivity index (χ2v) is 9.11. The molecule has 0 N–H and O–H groups in total. The van der Waals surface area contributed by atoms with Gasteiger partial charge in [-0.05, 0) is 106 Å². The van der Waals surface area contributed by atoms with Crippen LogP contribution in [0.15, 0.2) is 12.7 Å². The average Bonchev–Trinajstić information content (AvgIpc) is 2.58. The molecule has 3 saturated carbocycles. The van der Waals surface area contributed by atoms with Crippen molar-refractivity contribution in [1.29, 1.82) is 0 Å². The minimum atomic E-state index is 0.832. The summed E-state index contributed by atoms with van der Waals surface area (Å²) in [5.41, 5.74) is 0. The zero-order valence-electron chi connectivity index (χ0n) is 15.1. The van der Waals surface area contributed by atoms with Gasteiger partial charge in [0, 0.05) is 0 Å². The molecule has 0 heterocycles. The molecule has 3 rings (SSSR count). The fourth-order valence-electron chi connectivity index (χ4n) is 5.96. The zero-order chi connectivity index (χ0) is 15.5. The number of hydrogen-bond donors (Lipinski definition) is 0. The Labute approximate surface area is 139 Å². The SMILES string of the molecule is C=CC1CCC(C2CCC(C3CCC(C)C(C)C3)CC2)CC1. The van der Waals surface area contributed by atoms with Crippen LogP contribution in [0.5, 0.6) is 0 Å². The van der Waals surface area contributed by atoms with E-state index in [0.29, 0.717) is 0 Å². The summed E-state index contributed by atoms with van der Waals surface area (Å²) in [6, 6.07) is 0. The van der Waals surface area contributed by atoms with Crippen LogP contribution in [0, 0.1) is 41.4 Å². The molecule has 0 spiro atoms. The fraction of sp³-hybridized carbons (Fsp3) is 0.909. The molecule has 3 fully saturated rings. The maximum Gasteiger partial charge on any atom is -0.0236 e. The van der Waals surface area contributed by atoms with Crippen LogP contribution in [0.4, 0.5) is 0 Å². The molecule has 0 amide bonds. The summed E-state index contributed by atoms with van der Waals surface area (Å²) in [6.07, 6.45) is 18.8. The van der Waals surface area contributed by atoms with Crippen molar-refractivity contribution in [1.82, 2.24) is 0 Å². The molecule has 3 aliphatic rings. The van der Waals surface area contributed by atoms with Crippen LogP contribution in [-0.2, 0) is 0 Å². The van der Waals surface area contributed by atoms with Crippen molar-refractivity contribution in [2.75, 3.05) is 0 Å². The summed E-state index contributed by atoms with van der Waals surface area (Å²) in [7, 11) is 0. The van der Waals surface area contributed by atoms with Gasteiger partial charge in [-0.25, -0.2) is 0 Å². The van der Waals surface area contributed by atoms with Crippen LogP contribution >= 0.6 is 0 Å². The summed E-state index contributed by atoms with van der Waals surface area (Å²) >= 11 is 0. The van der Waals surface area contributed by atoms with E-state index in [1.54, 1.807) is 25.7 Å². The second-order valence-electron chi connectivity index (χ2n) is 9.11. The molecular weight excluding hydrogens is 264 g/mol. The van der Waals surface area contributed by atoms with Gasteiger partial charge in [0.1, 0.15) is 0 Å². The predicted molar refractivity (Wildman–Crippen MR) is 96.8 cm³/mol. The van der Waals surface area contributed by atoms with Crippen molar-refractivity contribution in [3.63, 3.8) is 0 Å². The Morgan fingerprint density at radius 1 is 0.591 bits per heavy atom. The van der Waals surface area contributed by atoms with E-state index >= 15 is 0 Å². The second kappa shape index (κ2) is 7.54. The maximum absolute atomic E-state index is 3.99. The molecule has 126 valence electrons. The lowest BCUT2D eigenvalue weighted by molar-refractivity contribution is 0.0922. The Bertz CT molecular complexity index is 341. The van der Waals surface area contributed by atoms with Crippen LogP contribution < -0.4 is 0 Å². The monoisotopic (exact) mass is 302 g/mol. The van der Waals surface area contributed by atoms with Gasteiger partial charge in [0.25, 0.3) is 0 Å².